The zero-order chi connectivity index (χ0) is 14.5. The van der Waals surface area contributed by atoms with Gasteiger partial charge in [-0.05, 0) is 24.3 Å². The highest BCUT2D eigenvalue weighted by Gasteiger charge is 2.12. The molecule has 0 radical (unpaired) electrons. The van der Waals surface area contributed by atoms with Crippen LogP contribution in [0.5, 0.6) is 0 Å². The third kappa shape index (κ3) is 4.25. The zero-order valence-electron chi connectivity index (χ0n) is 11.1. The van der Waals surface area contributed by atoms with E-state index < -0.39 is 0 Å². The van der Waals surface area contributed by atoms with E-state index in [9.17, 15) is 4.79 Å². The molecule has 0 aliphatic carbocycles. The number of aromatic nitrogens is 2. The number of thioether (sulfide) groups is 1. The Kier molecular flexibility index (Phi) is 5.03. The highest BCUT2D eigenvalue weighted by atomic mass is 35.5. The van der Waals surface area contributed by atoms with E-state index in [1.807, 2.05) is 26.0 Å². The molecule has 1 heterocycles. The number of rotatable bonds is 5. The molecule has 0 fully saturated rings. The quantitative estimate of drug-likeness (QED) is 0.855. The number of nitrogens with one attached hydrogen (secondary N) is 1. The van der Waals surface area contributed by atoms with E-state index in [4.69, 9.17) is 16.0 Å². The first-order valence-corrected chi connectivity index (χ1v) is 7.42. The molecule has 0 atom stereocenters. The van der Waals surface area contributed by atoms with Gasteiger partial charge in [0.1, 0.15) is 0 Å². The van der Waals surface area contributed by atoms with Crippen molar-refractivity contribution < 1.29 is 9.21 Å². The molecule has 0 bridgehead atoms. The second kappa shape index (κ2) is 6.76. The van der Waals surface area contributed by atoms with Gasteiger partial charge in [-0.25, -0.2) is 0 Å². The molecule has 1 amide bonds. The molecule has 5 nitrogen and oxygen atoms in total. The van der Waals surface area contributed by atoms with Crippen molar-refractivity contribution >= 4 is 35.3 Å². The van der Waals surface area contributed by atoms with E-state index in [-0.39, 0.29) is 23.6 Å². The summed E-state index contributed by atoms with van der Waals surface area (Å²) in [6.45, 7) is 3.88. The summed E-state index contributed by atoms with van der Waals surface area (Å²) in [6, 6.07) is 7.44. The Morgan fingerprint density at radius 1 is 1.35 bits per heavy atom. The van der Waals surface area contributed by atoms with Gasteiger partial charge in [-0.3, -0.25) is 10.1 Å². The lowest BCUT2D eigenvalue weighted by molar-refractivity contribution is -0.113. The maximum absolute atomic E-state index is 11.7. The van der Waals surface area contributed by atoms with E-state index in [0.29, 0.717) is 10.9 Å². The standard InChI is InChI=1S/C13H14ClN3O2S/c1-8(2)12-16-17-13(19-12)15-11(18)7-20-10-5-3-9(14)4-6-10/h3-6,8H,7H2,1-2H3,(H,15,17,18). The van der Waals surface area contributed by atoms with Gasteiger partial charge in [0.25, 0.3) is 0 Å². The summed E-state index contributed by atoms with van der Waals surface area (Å²) in [5.41, 5.74) is 0. The van der Waals surface area contributed by atoms with Crippen LogP contribution in [0.1, 0.15) is 25.7 Å². The number of hydrogen-bond donors (Lipinski definition) is 1. The highest BCUT2D eigenvalue weighted by Crippen LogP contribution is 2.20. The Bertz CT molecular complexity index is 584. The Morgan fingerprint density at radius 3 is 2.65 bits per heavy atom. The van der Waals surface area contributed by atoms with Gasteiger partial charge < -0.3 is 4.42 Å². The molecule has 1 N–H and O–H groups in total. The fourth-order valence-corrected chi connectivity index (χ4v) is 2.18. The van der Waals surface area contributed by atoms with E-state index in [2.05, 4.69) is 15.5 Å². The van der Waals surface area contributed by atoms with Crippen LogP contribution in [-0.2, 0) is 4.79 Å². The van der Waals surface area contributed by atoms with Crippen LogP contribution in [0.4, 0.5) is 6.01 Å². The molecule has 0 aliphatic rings. The smallest absolute Gasteiger partial charge is 0.322 e. The molecule has 20 heavy (non-hydrogen) atoms. The monoisotopic (exact) mass is 311 g/mol. The number of nitrogens with zero attached hydrogens (tertiary/aromatic N) is 2. The van der Waals surface area contributed by atoms with Gasteiger partial charge >= 0.3 is 6.01 Å². The van der Waals surface area contributed by atoms with Crippen LogP contribution in [0.3, 0.4) is 0 Å². The Labute approximate surface area is 126 Å². The summed E-state index contributed by atoms with van der Waals surface area (Å²) >= 11 is 7.20. The van der Waals surface area contributed by atoms with E-state index in [1.54, 1.807) is 12.1 Å². The Hall–Kier alpha value is -1.53. The Balaban J connectivity index is 1.84. The summed E-state index contributed by atoms with van der Waals surface area (Å²) in [5.74, 6) is 0.715. The molecule has 2 rings (SSSR count). The lowest BCUT2D eigenvalue weighted by atomic mass is 10.2. The Morgan fingerprint density at radius 2 is 2.05 bits per heavy atom. The van der Waals surface area contributed by atoms with Crippen molar-refractivity contribution in [2.45, 2.75) is 24.7 Å². The van der Waals surface area contributed by atoms with E-state index in [0.717, 1.165) is 4.90 Å². The predicted octanol–water partition coefficient (Wildman–Crippen LogP) is 3.58. The SMILES string of the molecule is CC(C)c1nnc(NC(=O)CSc2ccc(Cl)cc2)o1. The summed E-state index contributed by atoms with van der Waals surface area (Å²) in [5, 5.41) is 10.9. The van der Waals surface area contributed by atoms with Crippen molar-refractivity contribution in [1.82, 2.24) is 10.2 Å². The second-order valence-corrected chi connectivity index (χ2v) is 5.88. The minimum Gasteiger partial charge on any atom is -0.408 e. The van der Waals surface area contributed by atoms with E-state index in [1.165, 1.54) is 11.8 Å². The lowest BCUT2D eigenvalue weighted by Crippen LogP contribution is -2.14. The summed E-state index contributed by atoms with van der Waals surface area (Å²) in [7, 11) is 0. The normalized spacial score (nSPS) is 10.8. The van der Waals surface area contributed by atoms with Crippen molar-refractivity contribution in [2.75, 3.05) is 11.1 Å². The van der Waals surface area contributed by atoms with Gasteiger partial charge in [0.05, 0.1) is 5.75 Å². The van der Waals surface area contributed by atoms with Crippen LogP contribution in [0.2, 0.25) is 5.02 Å². The minimum absolute atomic E-state index is 0.135. The summed E-state index contributed by atoms with van der Waals surface area (Å²) < 4.78 is 5.30. The van der Waals surface area contributed by atoms with Gasteiger partial charge in [-0.1, -0.05) is 30.5 Å². The summed E-state index contributed by atoms with van der Waals surface area (Å²) in [6.07, 6.45) is 0. The second-order valence-electron chi connectivity index (χ2n) is 4.39. The number of halogens is 1. The zero-order valence-corrected chi connectivity index (χ0v) is 12.7. The molecule has 1 aromatic carbocycles. The molecule has 106 valence electrons. The number of carbonyl (C=O) groups is 1. The molecule has 0 saturated carbocycles. The fraction of sp³-hybridized carbons (Fsp3) is 0.308. The number of amides is 1. The van der Waals surface area contributed by atoms with Gasteiger partial charge in [0.15, 0.2) is 0 Å². The minimum atomic E-state index is -0.191. The highest BCUT2D eigenvalue weighted by molar-refractivity contribution is 8.00. The lowest BCUT2D eigenvalue weighted by Gasteiger charge is -2.01. The first kappa shape index (κ1) is 14.9. The number of anilines is 1. The molecule has 2 aromatic rings. The molecule has 7 heteroatoms. The first-order chi connectivity index (χ1) is 9.54. The van der Waals surface area contributed by atoms with E-state index >= 15 is 0 Å². The molecule has 0 unspecified atom stereocenters. The molecule has 0 saturated heterocycles. The third-order valence-electron chi connectivity index (χ3n) is 2.36. The van der Waals surface area contributed by atoms with Gasteiger partial charge in [-0.2, -0.15) is 0 Å². The topological polar surface area (TPSA) is 68.0 Å². The predicted molar refractivity (Wildman–Crippen MR) is 79.2 cm³/mol. The van der Waals surface area contributed by atoms with Gasteiger partial charge in [0, 0.05) is 15.8 Å². The van der Waals surface area contributed by atoms with Crippen molar-refractivity contribution in [3.8, 4) is 0 Å². The largest absolute Gasteiger partial charge is 0.408 e. The fourth-order valence-electron chi connectivity index (χ4n) is 1.35. The van der Waals surface area contributed by atoms with Crippen LogP contribution >= 0.6 is 23.4 Å². The van der Waals surface area contributed by atoms with Gasteiger partial charge in [-0.15, -0.1) is 16.9 Å². The van der Waals surface area contributed by atoms with Gasteiger partial charge in [0.2, 0.25) is 11.8 Å². The maximum atomic E-state index is 11.7. The average molecular weight is 312 g/mol. The first-order valence-electron chi connectivity index (χ1n) is 6.06. The average Bonchev–Trinajstić information content (AvgIpc) is 2.87. The molecular formula is C13H14ClN3O2S. The molecular weight excluding hydrogens is 298 g/mol. The van der Waals surface area contributed by atoms with Crippen molar-refractivity contribution in [2.24, 2.45) is 0 Å². The number of carbonyl (C=O) groups excluding carboxylic acids is 1. The van der Waals surface area contributed by atoms with Crippen molar-refractivity contribution in [3.05, 3.63) is 35.2 Å². The van der Waals surface area contributed by atoms with Crippen molar-refractivity contribution in [3.63, 3.8) is 0 Å². The maximum Gasteiger partial charge on any atom is 0.322 e. The van der Waals surface area contributed by atoms with Crippen molar-refractivity contribution in [1.29, 1.82) is 0 Å². The molecule has 1 aromatic heterocycles. The van der Waals surface area contributed by atoms with Crippen LogP contribution in [0.15, 0.2) is 33.6 Å². The van der Waals surface area contributed by atoms with Crippen LogP contribution in [0, 0.1) is 0 Å². The van der Waals surface area contributed by atoms with Crippen LogP contribution in [-0.4, -0.2) is 21.9 Å². The van der Waals surface area contributed by atoms with Crippen LogP contribution in [0.25, 0.3) is 0 Å². The van der Waals surface area contributed by atoms with Crippen LogP contribution < -0.4 is 5.32 Å². The number of benzene rings is 1. The number of hydrogen-bond acceptors (Lipinski definition) is 5. The molecule has 0 aliphatic heterocycles. The molecule has 0 spiro atoms. The third-order valence-corrected chi connectivity index (χ3v) is 3.63. The summed E-state index contributed by atoms with van der Waals surface area (Å²) in [4.78, 5) is 12.7.